The van der Waals surface area contributed by atoms with Crippen LogP contribution in [-0.2, 0) is 32.4 Å². The van der Waals surface area contributed by atoms with Gasteiger partial charge in [0.2, 0.25) is 0 Å². The molecule has 0 spiro atoms. The molecule has 0 amide bonds. The first-order valence-corrected chi connectivity index (χ1v) is 9.49. The van der Waals surface area contributed by atoms with Crippen LogP contribution in [0.4, 0.5) is 0 Å². The fourth-order valence-electron chi connectivity index (χ4n) is 6.46. The fraction of sp³-hybridized carbons (Fsp3) is 0.571. The number of hydrogen-bond donors (Lipinski definition) is 1. The second-order valence-electron chi connectivity index (χ2n) is 8.64. The van der Waals surface area contributed by atoms with Crippen molar-refractivity contribution in [1.82, 2.24) is 9.36 Å². The van der Waals surface area contributed by atoms with Crippen molar-refractivity contribution >= 4 is 0 Å². The van der Waals surface area contributed by atoms with Crippen LogP contribution in [0, 0.1) is 11.8 Å². The highest BCUT2D eigenvalue weighted by Crippen LogP contribution is 2.59. The molecular formula is C21H26N2O2. The molecule has 3 aliphatic rings. The molecule has 3 unspecified atom stereocenters. The lowest BCUT2D eigenvalue weighted by Crippen LogP contribution is -2.44. The van der Waals surface area contributed by atoms with E-state index in [-0.39, 0.29) is 11.0 Å². The lowest BCUT2D eigenvalue weighted by atomic mass is 9.55. The Hall–Kier alpha value is -1.97. The van der Waals surface area contributed by atoms with E-state index in [2.05, 4.69) is 17.7 Å². The molecule has 1 saturated carbocycles. The van der Waals surface area contributed by atoms with E-state index in [1.807, 2.05) is 26.2 Å². The third-order valence-electron chi connectivity index (χ3n) is 7.68. The van der Waals surface area contributed by atoms with Crippen molar-refractivity contribution in [3.8, 4) is 5.75 Å². The van der Waals surface area contributed by atoms with Crippen molar-refractivity contribution in [2.24, 2.45) is 25.9 Å². The van der Waals surface area contributed by atoms with Gasteiger partial charge in [-0.2, -0.15) is 0 Å². The Kier molecular flexibility index (Phi) is 2.94. The number of fused-ring (bicyclic) bond motifs is 7. The molecule has 25 heavy (non-hydrogen) atoms. The van der Waals surface area contributed by atoms with Crippen LogP contribution in [-0.4, -0.2) is 14.5 Å². The van der Waals surface area contributed by atoms with Crippen LogP contribution in [0.3, 0.4) is 0 Å². The van der Waals surface area contributed by atoms with Crippen molar-refractivity contribution < 1.29 is 5.11 Å². The summed E-state index contributed by atoms with van der Waals surface area (Å²) in [7, 11) is 3.92. The minimum Gasteiger partial charge on any atom is -0.508 e. The monoisotopic (exact) mass is 338 g/mol. The van der Waals surface area contributed by atoms with Crippen molar-refractivity contribution in [3.63, 3.8) is 0 Å². The van der Waals surface area contributed by atoms with Gasteiger partial charge < -0.3 is 5.11 Å². The summed E-state index contributed by atoms with van der Waals surface area (Å²) in [6.07, 6.45) is 5.48. The van der Waals surface area contributed by atoms with Gasteiger partial charge in [0.25, 0.3) is 5.56 Å². The van der Waals surface area contributed by atoms with E-state index in [0.717, 1.165) is 24.8 Å². The van der Waals surface area contributed by atoms with E-state index in [9.17, 15) is 9.90 Å². The molecule has 1 fully saturated rings. The molecule has 0 radical (unpaired) electrons. The van der Waals surface area contributed by atoms with E-state index >= 15 is 0 Å². The first-order chi connectivity index (χ1) is 11.9. The topological polar surface area (TPSA) is 47.2 Å². The Bertz CT molecular complexity index is 938. The molecule has 0 saturated heterocycles. The lowest BCUT2D eigenvalue weighted by molar-refractivity contribution is 0.0993. The molecule has 1 heterocycles. The molecule has 0 aliphatic heterocycles. The second-order valence-corrected chi connectivity index (χ2v) is 8.64. The van der Waals surface area contributed by atoms with Gasteiger partial charge in [0, 0.05) is 30.8 Å². The van der Waals surface area contributed by atoms with Gasteiger partial charge in [0.05, 0.1) is 0 Å². The molecule has 3 aliphatic carbocycles. The third kappa shape index (κ3) is 1.80. The number of rotatable bonds is 0. The van der Waals surface area contributed by atoms with E-state index < -0.39 is 0 Å². The Labute approximate surface area is 148 Å². The van der Waals surface area contributed by atoms with Crippen LogP contribution in [0.2, 0.25) is 0 Å². The number of aromatic nitrogens is 2. The Morgan fingerprint density at radius 1 is 1.20 bits per heavy atom. The quantitative estimate of drug-likeness (QED) is 0.803. The van der Waals surface area contributed by atoms with E-state index in [0.29, 0.717) is 23.5 Å². The Morgan fingerprint density at radius 3 is 2.80 bits per heavy atom. The smallest absolute Gasteiger partial charge is 0.269 e. The zero-order chi connectivity index (χ0) is 17.5. The lowest BCUT2D eigenvalue weighted by Gasteiger charge is -2.49. The van der Waals surface area contributed by atoms with Crippen LogP contribution in [0.15, 0.2) is 23.0 Å². The third-order valence-corrected chi connectivity index (χ3v) is 7.68. The maximum atomic E-state index is 12.7. The minimum absolute atomic E-state index is 0.125. The fourth-order valence-corrected chi connectivity index (χ4v) is 6.46. The summed E-state index contributed by atoms with van der Waals surface area (Å²) in [6.45, 7) is 2.39. The Morgan fingerprint density at radius 2 is 2.00 bits per heavy atom. The molecule has 1 aromatic carbocycles. The molecule has 4 nitrogen and oxygen atoms in total. The largest absolute Gasteiger partial charge is 0.508 e. The van der Waals surface area contributed by atoms with Crippen LogP contribution in [0.25, 0.3) is 0 Å². The molecule has 4 heteroatoms. The summed E-state index contributed by atoms with van der Waals surface area (Å²) in [4.78, 5) is 12.7. The number of benzene rings is 1. The van der Waals surface area contributed by atoms with Crippen molar-refractivity contribution in [1.29, 1.82) is 0 Å². The highest BCUT2D eigenvalue weighted by Gasteiger charge is 2.55. The molecule has 1 aromatic heterocycles. The average Bonchev–Trinajstić information content (AvgIpc) is 3.02. The highest BCUT2D eigenvalue weighted by molar-refractivity contribution is 5.43. The normalized spacial score (nSPS) is 32.7. The Balaban J connectivity index is 1.59. The van der Waals surface area contributed by atoms with Crippen LogP contribution < -0.4 is 5.56 Å². The van der Waals surface area contributed by atoms with E-state index in [4.69, 9.17) is 0 Å². The van der Waals surface area contributed by atoms with Crippen molar-refractivity contribution in [2.45, 2.75) is 50.4 Å². The summed E-state index contributed by atoms with van der Waals surface area (Å²) in [6, 6.07) is 5.94. The van der Waals surface area contributed by atoms with Gasteiger partial charge in [-0.05, 0) is 73.1 Å². The molecule has 0 bridgehead atoms. The van der Waals surface area contributed by atoms with Gasteiger partial charge in [-0.25, -0.2) is 0 Å². The van der Waals surface area contributed by atoms with Gasteiger partial charge in [0.1, 0.15) is 5.75 Å². The summed E-state index contributed by atoms with van der Waals surface area (Å²) in [5, 5.41) is 9.81. The summed E-state index contributed by atoms with van der Waals surface area (Å²) in [5.74, 6) is 2.18. The average molecular weight is 338 g/mol. The molecule has 4 atom stereocenters. The molecule has 132 valence electrons. The van der Waals surface area contributed by atoms with Crippen LogP contribution in [0.5, 0.6) is 5.75 Å². The predicted molar refractivity (Wildman–Crippen MR) is 97.1 cm³/mol. The van der Waals surface area contributed by atoms with Gasteiger partial charge in [0.15, 0.2) is 0 Å². The van der Waals surface area contributed by atoms with Gasteiger partial charge in [-0.3, -0.25) is 14.2 Å². The van der Waals surface area contributed by atoms with E-state index in [1.165, 1.54) is 29.7 Å². The number of aryl methyl sites for hydroxylation is 1. The van der Waals surface area contributed by atoms with Crippen LogP contribution in [0.1, 0.15) is 54.5 Å². The van der Waals surface area contributed by atoms with Crippen molar-refractivity contribution in [3.05, 3.63) is 50.9 Å². The SMILES string of the molecule is Cn1c2c(c(=O)n1C)CC1C3CCc4cc(O)ccc4C3CC[C@]21C. The minimum atomic E-state index is 0.125. The van der Waals surface area contributed by atoms with E-state index in [1.54, 1.807) is 4.68 Å². The molecule has 2 aromatic rings. The number of phenols is 1. The molecular weight excluding hydrogens is 312 g/mol. The van der Waals surface area contributed by atoms with Gasteiger partial charge in [-0.1, -0.05) is 13.0 Å². The van der Waals surface area contributed by atoms with Gasteiger partial charge in [-0.15, -0.1) is 0 Å². The maximum absolute atomic E-state index is 12.7. The zero-order valence-corrected chi connectivity index (χ0v) is 15.2. The standard InChI is InChI=1S/C21H26N2O2/c1-21-9-8-15-14-7-5-13(24)10-12(14)4-6-16(15)18(21)11-17-19(21)22(2)23(3)20(17)25/h5,7,10,15-16,18,24H,4,6,8-9,11H2,1-3H3/t15?,16?,18?,21-/m0/s1. The second kappa shape index (κ2) is 4.80. The summed E-state index contributed by atoms with van der Waals surface area (Å²) in [5.41, 5.74) is 5.46. The number of aromatic hydroxyl groups is 1. The maximum Gasteiger partial charge on any atom is 0.269 e. The predicted octanol–water partition coefficient (Wildman–Crippen LogP) is 3.00. The molecule has 5 rings (SSSR count). The van der Waals surface area contributed by atoms with Gasteiger partial charge >= 0.3 is 0 Å². The summed E-state index contributed by atoms with van der Waals surface area (Å²) >= 11 is 0. The molecule has 1 N–H and O–H groups in total. The number of nitrogens with zero attached hydrogens (tertiary/aromatic N) is 2. The summed E-state index contributed by atoms with van der Waals surface area (Å²) < 4.78 is 3.88. The first kappa shape index (κ1) is 15.3. The van der Waals surface area contributed by atoms with Crippen LogP contribution >= 0.6 is 0 Å². The first-order valence-electron chi connectivity index (χ1n) is 9.49. The number of phenolic OH excluding ortho intramolecular Hbond substituents is 1. The highest BCUT2D eigenvalue weighted by atomic mass is 16.3. The number of hydrogen-bond acceptors (Lipinski definition) is 2. The zero-order valence-electron chi connectivity index (χ0n) is 15.2. The van der Waals surface area contributed by atoms with Crippen molar-refractivity contribution in [2.75, 3.05) is 0 Å².